The Morgan fingerprint density at radius 2 is 1.69 bits per heavy atom. The number of hydrogen-bond acceptors (Lipinski definition) is 4. The quantitative estimate of drug-likeness (QED) is 0.578. The summed E-state index contributed by atoms with van der Waals surface area (Å²) >= 11 is 0. The molecule has 2 N–H and O–H groups in total. The average Bonchev–Trinajstić information content (AvgIpc) is 2.76. The van der Waals surface area contributed by atoms with Gasteiger partial charge >= 0.3 is 5.97 Å². The van der Waals surface area contributed by atoms with Gasteiger partial charge in [0.05, 0.1) is 0 Å². The fourth-order valence-electron chi connectivity index (χ4n) is 2.70. The highest BCUT2D eigenvalue weighted by molar-refractivity contribution is 5.99. The second-order valence-electron chi connectivity index (χ2n) is 6.21. The zero-order valence-corrected chi connectivity index (χ0v) is 15.6. The summed E-state index contributed by atoms with van der Waals surface area (Å²) in [5.41, 5.74) is 3.37. The van der Waals surface area contributed by atoms with Crippen LogP contribution in [0.5, 0.6) is 5.75 Å². The van der Waals surface area contributed by atoms with E-state index < -0.39 is 12.6 Å². The first-order valence-electron chi connectivity index (χ1n) is 9.01. The lowest BCUT2D eigenvalue weighted by Gasteiger charge is -2.10. The van der Waals surface area contributed by atoms with Gasteiger partial charge in [0.15, 0.2) is 6.61 Å². The Balaban J connectivity index is 1.80. The first-order chi connectivity index (χ1) is 14.1. The van der Waals surface area contributed by atoms with E-state index >= 15 is 0 Å². The molecule has 0 radical (unpaired) electrons. The minimum atomic E-state index is -1.04. The van der Waals surface area contributed by atoms with E-state index in [1.54, 1.807) is 42.7 Å². The van der Waals surface area contributed by atoms with E-state index in [2.05, 4.69) is 10.3 Å². The highest BCUT2D eigenvalue weighted by Gasteiger charge is 2.09. The Bertz CT molecular complexity index is 984. The molecule has 0 saturated heterocycles. The fourth-order valence-corrected chi connectivity index (χ4v) is 2.70. The lowest BCUT2D eigenvalue weighted by atomic mass is 9.97. The zero-order chi connectivity index (χ0) is 20.5. The van der Waals surface area contributed by atoms with E-state index in [0.29, 0.717) is 12.3 Å². The lowest BCUT2D eigenvalue weighted by molar-refractivity contribution is -0.139. The number of aliphatic carboxylic acids is 1. The van der Waals surface area contributed by atoms with Crippen molar-refractivity contribution < 1.29 is 19.4 Å². The predicted molar refractivity (Wildman–Crippen MR) is 109 cm³/mol. The van der Waals surface area contributed by atoms with Crippen molar-refractivity contribution in [3.63, 3.8) is 0 Å². The maximum absolute atomic E-state index is 12.5. The summed E-state index contributed by atoms with van der Waals surface area (Å²) in [6.45, 7) is -0.0231. The van der Waals surface area contributed by atoms with Crippen LogP contribution >= 0.6 is 0 Å². The molecule has 0 bridgehead atoms. The van der Waals surface area contributed by atoms with Gasteiger partial charge in [-0.05, 0) is 40.5 Å². The first kappa shape index (κ1) is 19.8. The molecule has 3 aromatic rings. The van der Waals surface area contributed by atoms with Crippen LogP contribution < -0.4 is 10.1 Å². The highest BCUT2D eigenvalue weighted by Crippen LogP contribution is 2.25. The molecular weight excluding hydrogens is 368 g/mol. The van der Waals surface area contributed by atoms with Crippen molar-refractivity contribution in [2.75, 3.05) is 6.61 Å². The normalized spacial score (nSPS) is 11.0. The molecule has 6 nitrogen and oxygen atoms in total. The minimum Gasteiger partial charge on any atom is -0.482 e. The van der Waals surface area contributed by atoms with Gasteiger partial charge in [0.1, 0.15) is 5.75 Å². The second kappa shape index (κ2) is 9.85. The highest BCUT2D eigenvalue weighted by atomic mass is 16.5. The summed E-state index contributed by atoms with van der Waals surface area (Å²) in [4.78, 5) is 27.2. The minimum absolute atomic E-state index is 0.223. The summed E-state index contributed by atoms with van der Waals surface area (Å²) in [6.07, 6.45) is 4.94. The zero-order valence-electron chi connectivity index (χ0n) is 15.6. The number of aromatic nitrogens is 1. The average molecular weight is 388 g/mol. The molecule has 0 saturated carbocycles. The summed E-state index contributed by atoms with van der Waals surface area (Å²) in [6, 6.07) is 20.2. The third-order valence-corrected chi connectivity index (χ3v) is 4.08. The van der Waals surface area contributed by atoms with Crippen molar-refractivity contribution in [2.24, 2.45) is 0 Å². The van der Waals surface area contributed by atoms with Crippen LogP contribution in [0.25, 0.3) is 5.57 Å². The van der Waals surface area contributed by atoms with Gasteiger partial charge in [-0.25, -0.2) is 4.79 Å². The molecule has 0 aliphatic carbocycles. The van der Waals surface area contributed by atoms with Crippen LogP contribution in [0.15, 0.2) is 85.2 Å². The summed E-state index contributed by atoms with van der Waals surface area (Å²) in [5, 5.41) is 11.6. The molecule has 0 unspecified atom stereocenters. The van der Waals surface area contributed by atoms with E-state index in [4.69, 9.17) is 9.84 Å². The number of pyridine rings is 1. The summed E-state index contributed by atoms with van der Waals surface area (Å²) < 4.78 is 5.17. The Hall–Kier alpha value is -3.93. The maximum Gasteiger partial charge on any atom is 0.341 e. The van der Waals surface area contributed by atoms with Crippen LogP contribution in [0.1, 0.15) is 16.7 Å². The molecule has 6 heteroatoms. The molecule has 29 heavy (non-hydrogen) atoms. The van der Waals surface area contributed by atoms with Gasteiger partial charge in [0, 0.05) is 25.0 Å². The van der Waals surface area contributed by atoms with Gasteiger partial charge in [-0.1, -0.05) is 48.5 Å². The number of carboxylic acid groups (broad SMARTS) is 1. The topological polar surface area (TPSA) is 88.5 Å². The van der Waals surface area contributed by atoms with Crippen LogP contribution in [0.3, 0.4) is 0 Å². The molecule has 0 atom stereocenters. The number of rotatable bonds is 8. The van der Waals surface area contributed by atoms with Crippen LogP contribution in [0, 0.1) is 0 Å². The molecule has 1 aromatic heterocycles. The fraction of sp³-hybridized carbons (Fsp3) is 0.0870. The number of nitrogens with one attached hydrogen (secondary N) is 1. The molecule has 2 aromatic carbocycles. The number of carboxylic acids is 1. The van der Waals surface area contributed by atoms with Gasteiger partial charge in [-0.2, -0.15) is 0 Å². The van der Waals surface area contributed by atoms with Gasteiger partial charge in [0.25, 0.3) is 0 Å². The van der Waals surface area contributed by atoms with Crippen LogP contribution in [0.2, 0.25) is 0 Å². The van der Waals surface area contributed by atoms with Crippen molar-refractivity contribution in [3.8, 4) is 5.75 Å². The molecule has 146 valence electrons. The monoisotopic (exact) mass is 388 g/mol. The van der Waals surface area contributed by atoms with Crippen molar-refractivity contribution in [2.45, 2.75) is 6.54 Å². The Labute approximate surface area is 168 Å². The van der Waals surface area contributed by atoms with Crippen LogP contribution in [-0.4, -0.2) is 28.6 Å². The number of amides is 1. The smallest absolute Gasteiger partial charge is 0.341 e. The first-order valence-corrected chi connectivity index (χ1v) is 9.01. The molecule has 0 aliphatic heterocycles. The van der Waals surface area contributed by atoms with Crippen LogP contribution in [0.4, 0.5) is 0 Å². The number of ether oxygens (including phenoxy) is 1. The number of carbonyl (C=O) groups excluding carboxylic acids is 1. The Kier molecular flexibility index (Phi) is 6.73. The number of benzene rings is 2. The summed E-state index contributed by atoms with van der Waals surface area (Å²) in [5.74, 6) is -0.812. The molecule has 0 aliphatic rings. The lowest BCUT2D eigenvalue weighted by Crippen LogP contribution is -2.20. The van der Waals surface area contributed by atoms with Crippen LogP contribution in [-0.2, 0) is 16.1 Å². The Morgan fingerprint density at radius 1 is 0.966 bits per heavy atom. The standard InChI is InChI=1S/C23H20N2O4/c26-22(25-15-17-5-4-12-24-14-17)13-21(18-6-2-1-3-7-18)19-8-10-20(11-9-19)29-16-23(27)28/h1-14H,15-16H2,(H,25,26)(H,27,28)/b21-13-. The summed E-state index contributed by atoms with van der Waals surface area (Å²) in [7, 11) is 0. The number of carbonyl (C=O) groups is 2. The SMILES string of the molecule is O=C(O)COc1ccc(/C(=C\C(=O)NCc2cccnc2)c2ccccc2)cc1. The van der Waals surface area contributed by atoms with Gasteiger partial charge in [-0.3, -0.25) is 9.78 Å². The molecule has 3 rings (SSSR count). The van der Waals surface area contributed by atoms with Crippen molar-refractivity contribution >= 4 is 17.4 Å². The van der Waals surface area contributed by atoms with E-state index in [0.717, 1.165) is 22.3 Å². The largest absolute Gasteiger partial charge is 0.482 e. The second-order valence-corrected chi connectivity index (χ2v) is 6.21. The molecule has 1 heterocycles. The third kappa shape index (κ3) is 6.04. The van der Waals surface area contributed by atoms with Gasteiger partial charge in [0.2, 0.25) is 5.91 Å². The molecule has 1 amide bonds. The Morgan fingerprint density at radius 3 is 2.34 bits per heavy atom. The van der Waals surface area contributed by atoms with Crippen molar-refractivity contribution in [3.05, 3.63) is 102 Å². The maximum atomic E-state index is 12.5. The van der Waals surface area contributed by atoms with E-state index in [9.17, 15) is 9.59 Å². The van der Waals surface area contributed by atoms with E-state index in [1.165, 1.54) is 0 Å². The molecule has 0 spiro atoms. The van der Waals surface area contributed by atoms with Crippen molar-refractivity contribution in [1.29, 1.82) is 0 Å². The van der Waals surface area contributed by atoms with Gasteiger partial charge < -0.3 is 15.2 Å². The van der Waals surface area contributed by atoms with Crippen molar-refractivity contribution in [1.82, 2.24) is 10.3 Å². The van der Waals surface area contributed by atoms with E-state index in [1.807, 2.05) is 42.5 Å². The van der Waals surface area contributed by atoms with E-state index in [-0.39, 0.29) is 5.91 Å². The third-order valence-electron chi connectivity index (χ3n) is 4.08. The number of nitrogens with zero attached hydrogens (tertiary/aromatic N) is 1. The predicted octanol–water partition coefficient (Wildman–Crippen LogP) is 3.29. The molecular formula is C23H20N2O4. The molecule has 0 fully saturated rings. The number of hydrogen-bond donors (Lipinski definition) is 2. The van der Waals surface area contributed by atoms with Gasteiger partial charge in [-0.15, -0.1) is 0 Å².